The standard InChI is InChI=1S/C14H19NS/c15-13-5-2-6-14(13)16-12-8-7-10-3-1-4-11(10)9-12/h7-9,13-14H,1-6,15H2. The molecule has 0 aromatic heterocycles. The topological polar surface area (TPSA) is 26.0 Å². The molecule has 0 saturated heterocycles. The molecular weight excluding hydrogens is 214 g/mol. The molecule has 1 aromatic rings. The summed E-state index contributed by atoms with van der Waals surface area (Å²) in [4.78, 5) is 1.43. The van der Waals surface area contributed by atoms with Crippen molar-refractivity contribution < 1.29 is 0 Å². The first-order chi connectivity index (χ1) is 7.83. The average Bonchev–Trinajstić information content (AvgIpc) is 2.88. The summed E-state index contributed by atoms with van der Waals surface area (Å²) in [6.45, 7) is 0. The van der Waals surface area contributed by atoms with Gasteiger partial charge in [0.15, 0.2) is 0 Å². The Balaban J connectivity index is 1.75. The van der Waals surface area contributed by atoms with E-state index >= 15 is 0 Å². The van der Waals surface area contributed by atoms with Crippen LogP contribution in [0.5, 0.6) is 0 Å². The summed E-state index contributed by atoms with van der Waals surface area (Å²) in [6.07, 6.45) is 7.71. The first-order valence-corrected chi connectivity index (χ1v) is 7.25. The van der Waals surface area contributed by atoms with Gasteiger partial charge in [-0.3, -0.25) is 0 Å². The summed E-state index contributed by atoms with van der Waals surface area (Å²) < 4.78 is 0. The number of fused-ring (bicyclic) bond motifs is 1. The number of rotatable bonds is 2. The molecule has 1 nitrogen and oxygen atoms in total. The number of nitrogens with two attached hydrogens (primary N) is 1. The van der Waals surface area contributed by atoms with Gasteiger partial charge in [-0.05, 0) is 55.4 Å². The third-order valence-electron chi connectivity index (χ3n) is 3.86. The lowest BCUT2D eigenvalue weighted by atomic mass is 10.1. The minimum atomic E-state index is 0.415. The Morgan fingerprint density at radius 1 is 1.06 bits per heavy atom. The SMILES string of the molecule is NC1CCCC1Sc1ccc2c(c1)CCC2. The highest BCUT2D eigenvalue weighted by atomic mass is 32.2. The van der Waals surface area contributed by atoms with Crippen molar-refractivity contribution in [2.24, 2.45) is 5.73 Å². The van der Waals surface area contributed by atoms with Gasteiger partial charge in [0.2, 0.25) is 0 Å². The highest BCUT2D eigenvalue weighted by molar-refractivity contribution is 8.00. The van der Waals surface area contributed by atoms with Gasteiger partial charge in [0.25, 0.3) is 0 Å². The van der Waals surface area contributed by atoms with Crippen LogP contribution in [0.15, 0.2) is 23.1 Å². The van der Waals surface area contributed by atoms with Gasteiger partial charge < -0.3 is 5.73 Å². The number of aryl methyl sites for hydroxylation is 2. The lowest BCUT2D eigenvalue weighted by molar-refractivity contribution is 0.716. The van der Waals surface area contributed by atoms with Crippen LogP contribution in [0.25, 0.3) is 0 Å². The summed E-state index contributed by atoms with van der Waals surface area (Å²) in [5.41, 5.74) is 9.27. The Bertz CT molecular complexity index is 388. The van der Waals surface area contributed by atoms with Crippen molar-refractivity contribution in [3.63, 3.8) is 0 Å². The molecule has 86 valence electrons. The quantitative estimate of drug-likeness (QED) is 0.849. The Hall–Kier alpha value is -0.470. The molecule has 3 rings (SSSR count). The molecule has 2 atom stereocenters. The fraction of sp³-hybridized carbons (Fsp3) is 0.571. The summed E-state index contributed by atoms with van der Waals surface area (Å²) >= 11 is 2.00. The number of hydrogen-bond acceptors (Lipinski definition) is 2. The molecule has 2 heteroatoms. The molecule has 2 N–H and O–H groups in total. The molecule has 1 saturated carbocycles. The van der Waals surface area contributed by atoms with Crippen molar-refractivity contribution in [2.75, 3.05) is 0 Å². The van der Waals surface area contributed by atoms with Gasteiger partial charge in [-0.25, -0.2) is 0 Å². The van der Waals surface area contributed by atoms with Crippen LogP contribution in [0.4, 0.5) is 0 Å². The Morgan fingerprint density at radius 3 is 2.75 bits per heavy atom. The van der Waals surface area contributed by atoms with Crippen LogP contribution in [-0.2, 0) is 12.8 Å². The van der Waals surface area contributed by atoms with E-state index in [1.165, 1.54) is 43.4 Å². The van der Waals surface area contributed by atoms with Crippen LogP contribution in [0, 0.1) is 0 Å². The first kappa shape index (κ1) is 10.7. The van der Waals surface area contributed by atoms with Gasteiger partial charge in [0.05, 0.1) is 0 Å². The van der Waals surface area contributed by atoms with Crippen molar-refractivity contribution >= 4 is 11.8 Å². The molecule has 0 amide bonds. The maximum Gasteiger partial charge on any atom is 0.0246 e. The van der Waals surface area contributed by atoms with Gasteiger partial charge in [-0.15, -0.1) is 11.8 Å². The van der Waals surface area contributed by atoms with Gasteiger partial charge >= 0.3 is 0 Å². The largest absolute Gasteiger partial charge is 0.327 e. The summed E-state index contributed by atoms with van der Waals surface area (Å²) in [5, 5.41) is 0.652. The van der Waals surface area contributed by atoms with E-state index in [2.05, 4.69) is 18.2 Å². The normalized spacial score (nSPS) is 28.3. The van der Waals surface area contributed by atoms with Crippen molar-refractivity contribution in [2.45, 2.75) is 54.7 Å². The van der Waals surface area contributed by atoms with E-state index in [9.17, 15) is 0 Å². The summed E-state index contributed by atoms with van der Waals surface area (Å²) in [5.74, 6) is 0. The van der Waals surface area contributed by atoms with Crippen molar-refractivity contribution in [3.05, 3.63) is 29.3 Å². The van der Waals surface area contributed by atoms with Crippen LogP contribution in [-0.4, -0.2) is 11.3 Å². The zero-order valence-electron chi connectivity index (χ0n) is 9.61. The predicted molar refractivity (Wildman–Crippen MR) is 69.9 cm³/mol. The molecule has 1 aromatic carbocycles. The molecule has 0 radical (unpaired) electrons. The molecule has 0 heterocycles. The average molecular weight is 233 g/mol. The second-order valence-corrected chi connectivity index (χ2v) is 6.35. The predicted octanol–water partition coefficient (Wildman–Crippen LogP) is 3.15. The maximum absolute atomic E-state index is 6.12. The zero-order valence-corrected chi connectivity index (χ0v) is 10.4. The second-order valence-electron chi connectivity index (χ2n) is 5.04. The van der Waals surface area contributed by atoms with Gasteiger partial charge in [-0.1, -0.05) is 12.5 Å². The van der Waals surface area contributed by atoms with E-state index in [4.69, 9.17) is 5.73 Å². The Labute approximate surface area is 102 Å². The van der Waals surface area contributed by atoms with Crippen molar-refractivity contribution in [1.29, 1.82) is 0 Å². The molecule has 0 spiro atoms. The lowest BCUT2D eigenvalue weighted by Gasteiger charge is -2.15. The van der Waals surface area contributed by atoms with Crippen molar-refractivity contribution in [1.82, 2.24) is 0 Å². The third-order valence-corrected chi connectivity index (χ3v) is 5.28. The van der Waals surface area contributed by atoms with E-state index in [-0.39, 0.29) is 0 Å². The Kier molecular flexibility index (Phi) is 2.95. The minimum absolute atomic E-state index is 0.415. The molecule has 0 bridgehead atoms. The van der Waals surface area contributed by atoms with Crippen LogP contribution in [0.1, 0.15) is 36.8 Å². The van der Waals surface area contributed by atoms with Gasteiger partial charge in [-0.2, -0.15) is 0 Å². The summed E-state index contributed by atoms with van der Waals surface area (Å²) in [6, 6.07) is 7.43. The smallest absolute Gasteiger partial charge is 0.0246 e. The highest BCUT2D eigenvalue weighted by Gasteiger charge is 2.25. The highest BCUT2D eigenvalue weighted by Crippen LogP contribution is 2.36. The van der Waals surface area contributed by atoms with Crippen LogP contribution in [0.2, 0.25) is 0 Å². The molecule has 16 heavy (non-hydrogen) atoms. The monoisotopic (exact) mass is 233 g/mol. The lowest BCUT2D eigenvalue weighted by Crippen LogP contribution is -2.26. The molecule has 0 aliphatic heterocycles. The van der Waals surface area contributed by atoms with E-state index < -0.39 is 0 Å². The van der Waals surface area contributed by atoms with E-state index in [1.807, 2.05) is 11.8 Å². The minimum Gasteiger partial charge on any atom is -0.327 e. The van der Waals surface area contributed by atoms with Crippen LogP contribution < -0.4 is 5.73 Å². The van der Waals surface area contributed by atoms with Crippen LogP contribution >= 0.6 is 11.8 Å². The number of benzene rings is 1. The van der Waals surface area contributed by atoms with E-state index in [1.54, 1.807) is 11.1 Å². The fourth-order valence-electron chi connectivity index (χ4n) is 2.90. The molecule has 2 aliphatic carbocycles. The first-order valence-electron chi connectivity index (χ1n) is 6.37. The van der Waals surface area contributed by atoms with Gasteiger partial charge in [0.1, 0.15) is 0 Å². The van der Waals surface area contributed by atoms with Crippen molar-refractivity contribution in [3.8, 4) is 0 Å². The van der Waals surface area contributed by atoms with Gasteiger partial charge in [0, 0.05) is 16.2 Å². The second kappa shape index (κ2) is 4.42. The third kappa shape index (κ3) is 2.01. The maximum atomic E-state index is 6.12. The zero-order chi connectivity index (χ0) is 11.0. The fourth-order valence-corrected chi connectivity index (χ4v) is 4.20. The molecule has 1 fully saturated rings. The molecule has 2 unspecified atom stereocenters. The molecule has 2 aliphatic rings. The Morgan fingerprint density at radius 2 is 1.94 bits per heavy atom. The number of hydrogen-bond donors (Lipinski definition) is 1. The van der Waals surface area contributed by atoms with E-state index in [0.29, 0.717) is 11.3 Å². The number of thioether (sulfide) groups is 1. The summed E-state index contributed by atoms with van der Waals surface area (Å²) in [7, 11) is 0. The van der Waals surface area contributed by atoms with E-state index in [0.717, 1.165) is 0 Å². The van der Waals surface area contributed by atoms with Crippen LogP contribution in [0.3, 0.4) is 0 Å². The molecular formula is C14H19NS.